The van der Waals surface area contributed by atoms with E-state index in [-0.39, 0.29) is 18.2 Å². The molecular weight excluding hydrogens is 328 g/mol. The highest BCUT2D eigenvalue weighted by Crippen LogP contribution is 2.36. The minimum absolute atomic E-state index is 0.0133. The summed E-state index contributed by atoms with van der Waals surface area (Å²) in [6, 6.07) is 7.34. The fraction of sp³-hybridized carbons (Fsp3) is 0.368. The molecule has 0 amide bonds. The minimum atomic E-state index is -1.28. The topological polar surface area (TPSA) is 50.7 Å². The number of nitrogens with one attached hydrogen (secondary N) is 1. The molecule has 2 unspecified atom stereocenters. The predicted molar refractivity (Wildman–Crippen MR) is 89.8 cm³/mol. The maximum Gasteiger partial charge on any atom is 0.131 e. The van der Waals surface area contributed by atoms with Crippen LogP contribution in [0, 0.1) is 11.6 Å². The lowest BCUT2D eigenvalue weighted by Crippen LogP contribution is -2.23. The molecule has 0 saturated carbocycles. The van der Waals surface area contributed by atoms with Gasteiger partial charge in [0.05, 0.1) is 18.8 Å². The van der Waals surface area contributed by atoms with E-state index in [2.05, 4.69) is 5.32 Å². The highest BCUT2D eigenvalue weighted by molar-refractivity contribution is 5.49. The second kappa shape index (κ2) is 7.37. The fourth-order valence-electron chi connectivity index (χ4n) is 3.10. The lowest BCUT2D eigenvalue weighted by molar-refractivity contribution is 0.164. The van der Waals surface area contributed by atoms with E-state index >= 15 is 0 Å². The van der Waals surface area contributed by atoms with E-state index in [4.69, 9.17) is 9.47 Å². The molecule has 0 fully saturated rings. The summed E-state index contributed by atoms with van der Waals surface area (Å²) in [4.78, 5) is 0. The molecule has 2 N–H and O–H groups in total. The van der Waals surface area contributed by atoms with Gasteiger partial charge in [0.25, 0.3) is 0 Å². The summed E-state index contributed by atoms with van der Waals surface area (Å²) in [5.74, 6) is 0.0313. The summed E-state index contributed by atoms with van der Waals surface area (Å²) in [5, 5.41) is 13.1. The van der Waals surface area contributed by atoms with Crippen LogP contribution in [0.2, 0.25) is 0 Å². The van der Waals surface area contributed by atoms with Crippen molar-refractivity contribution < 1.29 is 23.4 Å². The van der Waals surface area contributed by atoms with Gasteiger partial charge in [-0.05, 0) is 31.2 Å². The molecule has 0 bridgehead atoms. The van der Waals surface area contributed by atoms with Gasteiger partial charge in [-0.3, -0.25) is 0 Å². The molecule has 4 nitrogen and oxygen atoms in total. The maximum atomic E-state index is 13.7. The third kappa shape index (κ3) is 3.75. The average molecular weight is 349 g/mol. The quantitative estimate of drug-likeness (QED) is 0.841. The van der Waals surface area contributed by atoms with Crippen LogP contribution in [0.25, 0.3) is 0 Å². The van der Waals surface area contributed by atoms with Crippen molar-refractivity contribution in [1.82, 2.24) is 5.32 Å². The molecule has 0 spiro atoms. The molecule has 0 aliphatic carbocycles. The zero-order valence-electron chi connectivity index (χ0n) is 14.2. The number of aliphatic hydroxyl groups excluding tert-OH is 1. The summed E-state index contributed by atoms with van der Waals surface area (Å²) in [7, 11) is 1.60. The molecule has 1 aliphatic rings. The smallest absolute Gasteiger partial charge is 0.131 e. The van der Waals surface area contributed by atoms with Crippen molar-refractivity contribution in [3.63, 3.8) is 0 Å². The molecule has 1 aliphatic heterocycles. The van der Waals surface area contributed by atoms with Crippen LogP contribution in [0.5, 0.6) is 11.5 Å². The second-order valence-electron chi connectivity index (χ2n) is 6.19. The first kappa shape index (κ1) is 17.6. The van der Waals surface area contributed by atoms with Crippen LogP contribution in [-0.2, 0) is 13.0 Å². The number of halogens is 2. The first-order chi connectivity index (χ1) is 12.0. The highest BCUT2D eigenvalue weighted by atomic mass is 19.1. The van der Waals surface area contributed by atoms with Gasteiger partial charge in [-0.1, -0.05) is 6.07 Å². The largest absolute Gasteiger partial charge is 0.497 e. The van der Waals surface area contributed by atoms with Gasteiger partial charge >= 0.3 is 0 Å². The Morgan fingerprint density at radius 2 is 2.04 bits per heavy atom. The normalized spacial score (nSPS) is 17.1. The van der Waals surface area contributed by atoms with Crippen LogP contribution in [-0.4, -0.2) is 24.9 Å². The molecule has 2 aromatic rings. The molecule has 134 valence electrons. The molecule has 25 heavy (non-hydrogen) atoms. The monoisotopic (exact) mass is 349 g/mol. The Labute approximate surface area is 145 Å². The third-order valence-electron chi connectivity index (χ3n) is 4.26. The van der Waals surface area contributed by atoms with E-state index in [1.54, 1.807) is 7.11 Å². The Bertz CT molecular complexity index is 746. The number of fused-ring (bicyclic) bond motifs is 1. The zero-order chi connectivity index (χ0) is 18.0. The lowest BCUT2D eigenvalue weighted by atomic mass is 10.1. The Hall–Kier alpha value is -2.18. The molecular formula is C19H21F2NO3. The van der Waals surface area contributed by atoms with Crippen molar-refractivity contribution in [2.75, 3.05) is 13.7 Å². The number of aliphatic hydroxyl groups is 1. The molecule has 6 heteroatoms. The van der Waals surface area contributed by atoms with Gasteiger partial charge in [0.1, 0.15) is 29.2 Å². The van der Waals surface area contributed by atoms with Gasteiger partial charge in [-0.25, -0.2) is 8.78 Å². The number of hydrogen-bond donors (Lipinski definition) is 2. The summed E-state index contributed by atoms with van der Waals surface area (Å²) in [6.07, 6.45) is -0.374. The Morgan fingerprint density at radius 1 is 1.32 bits per heavy atom. The van der Waals surface area contributed by atoms with Crippen molar-refractivity contribution in [2.45, 2.75) is 32.1 Å². The van der Waals surface area contributed by atoms with Crippen LogP contribution < -0.4 is 14.8 Å². The molecule has 3 rings (SSSR count). The SMILES string of the molecule is COc1cc(CNCC(O)c2c(F)cccc2F)c2c(c1)CC(C)O2. The van der Waals surface area contributed by atoms with Crippen LogP contribution >= 0.6 is 0 Å². The molecule has 2 atom stereocenters. The fourth-order valence-corrected chi connectivity index (χ4v) is 3.10. The Kier molecular flexibility index (Phi) is 5.20. The first-order valence-electron chi connectivity index (χ1n) is 8.18. The summed E-state index contributed by atoms with van der Waals surface area (Å²) < 4.78 is 38.6. The van der Waals surface area contributed by atoms with Crippen molar-refractivity contribution in [3.05, 3.63) is 58.7 Å². The number of hydrogen-bond acceptors (Lipinski definition) is 4. The van der Waals surface area contributed by atoms with Crippen molar-refractivity contribution >= 4 is 0 Å². The van der Waals surface area contributed by atoms with Gasteiger partial charge < -0.3 is 19.9 Å². The number of methoxy groups -OCH3 is 1. The molecule has 0 saturated heterocycles. The van der Waals surface area contributed by atoms with Gasteiger partial charge in [-0.15, -0.1) is 0 Å². The maximum absolute atomic E-state index is 13.7. The van der Waals surface area contributed by atoms with Crippen molar-refractivity contribution in [1.29, 1.82) is 0 Å². The van der Waals surface area contributed by atoms with E-state index in [0.29, 0.717) is 6.54 Å². The van der Waals surface area contributed by atoms with Crippen LogP contribution in [0.1, 0.15) is 29.7 Å². The molecule has 0 aromatic heterocycles. The molecule has 2 aromatic carbocycles. The van der Waals surface area contributed by atoms with E-state index in [1.165, 1.54) is 6.07 Å². The summed E-state index contributed by atoms with van der Waals surface area (Å²) >= 11 is 0. The first-order valence-corrected chi connectivity index (χ1v) is 8.18. The predicted octanol–water partition coefficient (Wildman–Crippen LogP) is 3.12. The van der Waals surface area contributed by atoms with Crippen LogP contribution in [0.15, 0.2) is 30.3 Å². The highest BCUT2D eigenvalue weighted by Gasteiger charge is 2.24. The summed E-state index contributed by atoms with van der Waals surface area (Å²) in [5.41, 5.74) is 1.64. The van der Waals surface area contributed by atoms with Gasteiger partial charge in [-0.2, -0.15) is 0 Å². The zero-order valence-corrected chi connectivity index (χ0v) is 14.2. The van der Waals surface area contributed by atoms with Gasteiger partial charge in [0, 0.05) is 30.6 Å². The number of benzene rings is 2. The second-order valence-corrected chi connectivity index (χ2v) is 6.19. The van der Waals surface area contributed by atoms with Gasteiger partial charge in [0.15, 0.2) is 0 Å². The third-order valence-corrected chi connectivity index (χ3v) is 4.26. The van der Waals surface area contributed by atoms with Crippen LogP contribution in [0.4, 0.5) is 8.78 Å². The summed E-state index contributed by atoms with van der Waals surface area (Å²) in [6.45, 7) is 2.40. The standard InChI is InChI=1S/C19H21F2NO3/c1-11-6-12-7-14(24-2)8-13(19(12)25-11)9-22-10-17(23)18-15(20)4-3-5-16(18)21/h3-5,7-8,11,17,22-23H,6,9-10H2,1-2H3. The number of ether oxygens (including phenoxy) is 2. The van der Waals surface area contributed by atoms with E-state index in [0.717, 1.165) is 41.2 Å². The van der Waals surface area contributed by atoms with Gasteiger partial charge in [0.2, 0.25) is 0 Å². The van der Waals surface area contributed by atoms with Crippen molar-refractivity contribution in [2.24, 2.45) is 0 Å². The molecule has 0 radical (unpaired) electrons. The van der Waals surface area contributed by atoms with Crippen LogP contribution in [0.3, 0.4) is 0 Å². The van der Waals surface area contributed by atoms with Crippen molar-refractivity contribution in [3.8, 4) is 11.5 Å². The molecule has 1 heterocycles. The Balaban J connectivity index is 1.69. The lowest BCUT2D eigenvalue weighted by Gasteiger charge is -2.16. The van der Waals surface area contributed by atoms with E-state index in [1.807, 2.05) is 19.1 Å². The average Bonchev–Trinajstić information content (AvgIpc) is 2.94. The van der Waals surface area contributed by atoms with E-state index < -0.39 is 17.7 Å². The minimum Gasteiger partial charge on any atom is -0.497 e. The number of rotatable bonds is 6. The van der Waals surface area contributed by atoms with E-state index in [9.17, 15) is 13.9 Å². The Morgan fingerprint density at radius 3 is 2.72 bits per heavy atom.